The molecule has 2 aliphatic heterocycles. The largest absolute Gasteiger partial charge is 0.325 e. The lowest BCUT2D eigenvalue weighted by Crippen LogP contribution is -2.45. The van der Waals surface area contributed by atoms with E-state index in [1.165, 1.54) is 0 Å². The number of piperidine rings is 1. The maximum Gasteiger partial charge on any atom is 0.276 e. The Bertz CT molecular complexity index is 837. The van der Waals surface area contributed by atoms with Crippen molar-refractivity contribution in [1.82, 2.24) is 25.2 Å². The number of hydrogen-bond donors (Lipinski definition) is 1. The number of para-hydroxylation sites is 1. The molecule has 4 rings (SSSR count). The number of nitrogens with one attached hydrogen (secondary N) is 1. The summed E-state index contributed by atoms with van der Waals surface area (Å²) in [5.74, 6) is -0.261. The summed E-state index contributed by atoms with van der Waals surface area (Å²) in [7, 11) is 0. The molecule has 3 heterocycles. The van der Waals surface area contributed by atoms with E-state index in [4.69, 9.17) is 0 Å². The van der Waals surface area contributed by atoms with Crippen molar-refractivity contribution >= 4 is 29.9 Å². The van der Waals surface area contributed by atoms with Gasteiger partial charge in [0.2, 0.25) is 5.91 Å². The number of nitrogens with zero attached hydrogens (tertiary/aromatic N) is 5. The Hall–Kier alpha value is -2.45. The molecule has 1 aromatic carbocycles. The van der Waals surface area contributed by atoms with Crippen LogP contribution in [0.3, 0.4) is 0 Å². The molecule has 29 heavy (non-hydrogen) atoms. The summed E-state index contributed by atoms with van der Waals surface area (Å²) in [5, 5.41) is 11.6. The first-order chi connectivity index (χ1) is 13.7. The number of carbonyl (C=O) groups is 2. The molecule has 2 saturated heterocycles. The van der Waals surface area contributed by atoms with Crippen molar-refractivity contribution in [3.05, 3.63) is 42.2 Å². The van der Waals surface area contributed by atoms with Crippen LogP contribution >= 0.6 is 12.4 Å². The van der Waals surface area contributed by atoms with Gasteiger partial charge in [0.15, 0.2) is 5.69 Å². The van der Waals surface area contributed by atoms with Crippen molar-refractivity contribution in [3.8, 4) is 0 Å². The summed E-state index contributed by atoms with van der Waals surface area (Å²) in [4.78, 5) is 29.4. The van der Waals surface area contributed by atoms with Crippen molar-refractivity contribution in [2.45, 2.75) is 38.3 Å². The summed E-state index contributed by atoms with van der Waals surface area (Å²) in [5.41, 5.74) is 1.18. The summed E-state index contributed by atoms with van der Waals surface area (Å²) in [6, 6.07) is 9.41. The van der Waals surface area contributed by atoms with Crippen LogP contribution in [0.25, 0.3) is 0 Å². The highest BCUT2D eigenvalue weighted by molar-refractivity contribution is 6.03. The second-order valence-electron chi connectivity index (χ2n) is 7.29. The van der Waals surface area contributed by atoms with E-state index in [0.29, 0.717) is 25.2 Å². The quantitative estimate of drug-likeness (QED) is 0.801. The number of rotatable bonds is 5. The summed E-state index contributed by atoms with van der Waals surface area (Å²) >= 11 is 0. The maximum absolute atomic E-state index is 13.1. The van der Waals surface area contributed by atoms with Gasteiger partial charge in [0.1, 0.15) is 6.04 Å². The number of amides is 2. The Morgan fingerprint density at radius 2 is 1.93 bits per heavy atom. The first-order valence-corrected chi connectivity index (χ1v) is 9.99. The Labute approximate surface area is 176 Å². The molecule has 0 bridgehead atoms. The molecule has 2 aliphatic rings. The normalized spacial score (nSPS) is 19.8. The van der Waals surface area contributed by atoms with Gasteiger partial charge in [0, 0.05) is 18.8 Å². The van der Waals surface area contributed by atoms with Crippen LogP contribution in [0, 0.1) is 0 Å². The molecule has 2 amide bonds. The highest BCUT2D eigenvalue weighted by Gasteiger charge is 2.39. The first kappa shape index (κ1) is 21.3. The average molecular weight is 419 g/mol. The highest BCUT2D eigenvalue weighted by atomic mass is 35.5. The molecule has 1 N–H and O–H groups in total. The molecule has 0 spiro atoms. The molecule has 1 aromatic heterocycles. The molecule has 1 atom stereocenters. The number of aromatic nitrogens is 3. The number of halogens is 1. The molecule has 0 aliphatic carbocycles. The third-order valence-electron chi connectivity index (χ3n) is 5.64. The fraction of sp³-hybridized carbons (Fsp3) is 0.500. The van der Waals surface area contributed by atoms with E-state index in [0.717, 1.165) is 31.6 Å². The van der Waals surface area contributed by atoms with E-state index < -0.39 is 6.04 Å². The maximum atomic E-state index is 13.1. The summed E-state index contributed by atoms with van der Waals surface area (Å²) < 4.78 is 1.80. The van der Waals surface area contributed by atoms with E-state index >= 15 is 0 Å². The van der Waals surface area contributed by atoms with Crippen molar-refractivity contribution < 1.29 is 9.59 Å². The lowest BCUT2D eigenvalue weighted by atomic mass is 10.1. The average Bonchev–Trinajstić information content (AvgIpc) is 3.38. The van der Waals surface area contributed by atoms with Crippen LogP contribution in [0.2, 0.25) is 0 Å². The molecule has 2 aromatic rings. The van der Waals surface area contributed by atoms with Crippen LogP contribution in [0.1, 0.15) is 42.7 Å². The zero-order valence-electron chi connectivity index (χ0n) is 16.5. The van der Waals surface area contributed by atoms with Crippen molar-refractivity contribution in [3.63, 3.8) is 0 Å². The van der Waals surface area contributed by atoms with Gasteiger partial charge in [0.25, 0.3) is 5.91 Å². The van der Waals surface area contributed by atoms with Crippen LogP contribution in [-0.2, 0) is 4.79 Å². The van der Waals surface area contributed by atoms with Gasteiger partial charge in [-0.25, -0.2) is 4.68 Å². The number of benzene rings is 1. The predicted octanol–water partition coefficient (Wildman–Crippen LogP) is 1.89. The molecule has 1 unspecified atom stereocenters. The topological polar surface area (TPSA) is 83.4 Å². The number of carbonyl (C=O) groups excluding carboxylic acids is 2. The number of likely N-dealkylation sites (N-methyl/N-ethyl adjacent to an activating group) is 1. The van der Waals surface area contributed by atoms with Gasteiger partial charge in [-0.3, -0.25) is 9.59 Å². The molecule has 0 radical (unpaired) electrons. The monoisotopic (exact) mass is 418 g/mol. The summed E-state index contributed by atoms with van der Waals surface area (Å²) in [6.07, 6.45) is 4.30. The smallest absolute Gasteiger partial charge is 0.276 e. The van der Waals surface area contributed by atoms with Crippen LogP contribution in [-0.4, -0.2) is 63.9 Å². The number of hydrogen-bond acceptors (Lipinski definition) is 5. The second-order valence-corrected chi connectivity index (χ2v) is 7.29. The van der Waals surface area contributed by atoms with Crippen LogP contribution in [0.4, 0.5) is 5.69 Å². The van der Waals surface area contributed by atoms with Crippen LogP contribution < -0.4 is 10.2 Å². The van der Waals surface area contributed by atoms with Crippen LogP contribution in [0.15, 0.2) is 36.5 Å². The highest BCUT2D eigenvalue weighted by Crippen LogP contribution is 2.25. The third-order valence-corrected chi connectivity index (χ3v) is 5.64. The molecular weight excluding hydrogens is 392 g/mol. The van der Waals surface area contributed by atoms with Crippen LogP contribution in [0.5, 0.6) is 0 Å². The Morgan fingerprint density at radius 1 is 1.21 bits per heavy atom. The molecule has 2 fully saturated rings. The Morgan fingerprint density at radius 3 is 2.62 bits per heavy atom. The molecule has 8 nitrogen and oxygen atoms in total. The minimum absolute atomic E-state index is 0. The van der Waals surface area contributed by atoms with Crippen molar-refractivity contribution in [2.75, 3.05) is 31.1 Å². The summed E-state index contributed by atoms with van der Waals surface area (Å²) in [6.45, 7) is 4.85. The fourth-order valence-electron chi connectivity index (χ4n) is 4.10. The van der Waals surface area contributed by atoms with Crippen molar-refractivity contribution in [1.29, 1.82) is 0 Å². The molecule has 156 valence electrons. The fourth-order valence-corrected chi connectivity index (χ4v) is 4.10. The van der Waals surface area contributed by atoms with Gasteiger partial charge in [-0.2, -0.15) is 0 Å². The standard InChI is InChI=1S/C20H26N6O2.ClH/c1-2-24(18-10-13-25(20(18)28)15-6-4-3-5-7-15)19(27)17-14-26(23-22-17)16-8-11-21-12-9-16;/h3-7,14,16,18,21H,2,8-13H2,1H3;1H. The predicted molar refractivity (Wildman–Crippen MR) is 112 cm³/mol. The third kappa shape index (κ3) is 4.28. The zero-order chi connectivity index (χ0) is 19.5. The SMILES string of the molecule is CCN(C(=O)c1cn(C2CCNCC2)nn1)C1CCN(c2ccccc2)C1=O.Cl. The van der Waals surface area contributed by atoms with E-state index in [-0.39, 0.29) is 30.3 Å². The minimum atomic E-state index is -0.457. The Balaban J connectivity index is 0.00000240. The molecular formula is C20H27ClN6O2. The molecule has 9 heteroatoms. The lowest BCUT2D eigenvalue weighted by molar-refractivity contribution is -0.120. The van der Waals surface area contributed by atoms with Gasteiger partial charge in [-0.1, -0.05) is 23.4 Å². The second kappa shape index (κ2) is 9.37. The van der Waals surface area contributed by atoms with Gasteiger partial charge >= 0.3 is 0 Å². The van der Waals surface area contributed by atoms with Gasteiger partial charge in [-0.15, -0.1) is 17.5 Å². The minimum Gasteiger partial charge on any atom is -0.325 e. The first-order valence-electron chi connectivity index (χ1n) is 9.99. The van der Waals surface area contributed by atoms with Crippen molar-refractivity contribution in [2.24, 2.45) is 0 Å². The van der Waals surface area contributed by atoms with Gasteiger partial charge in [0.05, 0.1) is 12.2 Å². The van der Waals surface area contributed by atoms with E-state index in [1.54, 1.807) is 20.7 Å². The number of anilines is 1. The molecule has 0 saturated carbocycles. The van der Waals surface area contributed by atoms with Gasteiger partial charge < -0.3 is 15.1 Å². The van der Waals surface area contributed by atoms with Gasteiger partial charge in [-0.05, 0) is 51.4 Å². The Kier molecular flexibility index (Phi) is 6.87. The lowest BCUT2D eigenvalue weighted by Gasteiger charge is -2.26. The van der Waals surface area contributed by atoms with E-state index in [2.05, 4.69) is 15.6 Å². The zero-order valence-corrected chi connectivity index (χ0v) is 17.3. The van der Waals surface area contributed by atoms with E-state index in [1.807, 2.05) is 37.3 Å². The van der Waals surface area contributed by atoms with E-state index in [9.17, 15) is 9.59 Å².